The molecule has 1 unspecified atom stereocenters. The Labute approximate surface area is 116 Å². The lowest BCUT2D eigenvalue weighted by molar-refractivity contribution is -0.384. The van der Waals surface area contributed by atoms with Crippen molar-refractivity contribution in [2.75, 3.05) is 12.4 Å². The van der Waals surface area contributed by atoms with Crippen LogP contribution in [0.5, 0.6) is 5.75 Å². The first-order chi connectivity index (χ1) is 9.67. The summed E-state index contributed by atoms with van der Waals surface area (Å²) in [4.78, 5) is 18.0. The van der Waals surface area contributed by atoms with E-state index in [0.29, 0.717) is 5.69 Å². The van der Waals surface area contributed by atoms with Crippen molar-refractivity contribution >= 4 is 11.4 Å². The van der Waals surface area contributed by atoms with Crippen LogP contribution in [0.4, 0.5) is 11.4 Å². The van der Waals surface area contributed by atoms with E-state index >= 15 is 0 Å². The number of aromatic nitrogens is 2. The summed E-state index contributed by atoms with van der Waals surface area (Å²) in [5, 5.41) is 14.4. The zero-order valence-corrected chi connectivity index (χ0v) is 11.3. The monoisotopic (exact) mass is 276 g/mol. The Kier molecular flexibility index (Phi) is 4.19. The SMILES string of the molecule is CCC(Nc1cccc(OC)c1[N+](=O)[O-])c1ncc[nH]1. The quantitative estimate of drug-likeness (QED) is 0.625. The van der Waals surface area contributed by atoms with E-state index in [1.165, 1.54) is 7.11 Å². The third-order valence-electron chi connectivity index (χ3n) is 2.99. The minimum absolute atomic E-state index is 0.0694. The number of nitrogens with zero attached hydrogens (tertiary/aromatic N) is 2. The lowest BCUT2D eigenvalue weighted by atomic mass is 10.1. The first kappa shape index (κ1) is 13.9. The first-order valence-corrected chi connectivity index (χ1v) is 6.24. The van der Waals surface area contributed by atoms with Crippen LogP contribution in [0.15, 0.2) is 30.6 Å². The third-order valence-corrected chi connectivity index (χ3v) is 2.99. The van der Waals surface area contributed by atoms with Gasteiger partial charge in [0, 0.05) is 12.4 Å². The smallest absolute Gasteiger partial charge is 0.333 e. The minimum atomic E-state index is -0.448. The number of ether oxygens (including phenoxy) is 1. The Bertz CT molecular complexity index is 583. The van der Waals surface area contributed by atoms with E-state index < -0.39 is 4.92 Å². The molecule has 1 aromatic heterocycles. The Morgan fingerprint density at radius 3 is 2.90 bits per heavy atom. The second-order valence-electron chi connectivity index (χ2n) is 4.19. The number of rotatable bonds is 6. The number of nitro benzene ring substituents is 1. The third kappa shape index (κ3) is 2.71. The fourth-order valence-corrected chi connectivity index (χ4v) is 2.01. The molecule has 7 heteroatoms. The molecule has 2 N–H and O–H groups in total. The van der Waals surface area contributed by atoms with Crippen LogP contribution in [0.2, 0.25) is 0 Å². The van der Waals surface area contributed by atoms with Gasteiger partial charge in [0.25, 0.3) is 0 Å². The molecule has 0 saturated heterocycles. The Morgan fingerprint density at radius 2 is 2.35 bits per heavy atom. The van der Waals surface area contributed by atoms with Gasteiger partial charge in [-0.15, -0.1) is 0 Å². The molecule has 106 valence electrons. The number of hydrogen-bond donors (Lipinski definition) is 2. The Morgan fingerprint density at radius 1 is 1.55 bits per heavy atom. The molecule has 0 amide bonds. The summed E-state index contributed by atoms with van der Waals surface area (Å²) in [6, 6.07) is 4.81. The van der Waals surface area contributed by atoms with Crippen LogP contribution in [-0.4, -0.2) is 22.0 Å². The Hall–Kier alpha value is -2.57. The lowest BCUT2D eigenvalue weighted by Crippen LogP contribution is -2.12. The molecule has 7 nitrogen and oxygen atoms in total. The van der Waals surface area contributed by atoms with Crippen LogP contribution in [-0.2, 0) is 0 Å². The maximum Gasteiger partial charge on any atom is 0.333 e. The summed E-state index contributed by atoms with van der Waals surface area (Å²) in [5.41, 5.74) is 0.345. The fourth-order valence-electron chi connectivity index (χ4n) is 2.01. The molecule has 2 aromatic rings. The van der Waals surface area contributed by atoms with Crippen molar-refractivity contribution in [1.29, 1.82) is 0 Å². The predicted molar refractivity (Wildman–Crippen MR) is 74.9 cm³/mol. The maximum absolute atomic E-state index is 11.2. The number of para-hydroxylation sites is 1. The van der Waals surface area contributed by atoms with Crippen molar-refractivity contribution in [2.45, 2.75) is 19.4 Å². The van der Waals surface area contributed by atoms with Crippen molar-refractivity contribution in [3.8, 4) is 5.75 Å². The van der Waals surface area contributed by atoms with Gasteiger partial charge in [-0.25, -0.2) is 4.98 Å². The zero-order chi connectivity index (χ0) is 14.5. The van der Waals surface area contributed by atoms with Gasteiger partial charge in [0.15, 0.2) is 5.75 Å². The molecule has 0 bridgehead atoms. The average molecular weight is 276 g/mol. The van der Waals surface area contributed by atoms with Gasteiger partial charge in [-0.05, 0) is 18.6 Å². The fraction of sp³-hybridized carbons (Fsp3) is 0.308. The molecule has 0 aliphatic carbocycles. The Balaban J connectivity index is 2.35. The predicted octanol–water partition coefficient (Wildman–Crippen LogP) is 2.89. The minimum Gasteiger partial charge on any atom is -0.490 e. The van der Waals surface area contributed by atoms with Gasteiger partial charge >= 0.3 is 5.69 Å². The number of methoxy groups -OCH3 is 1. The molecule has 1 atom stereocenters. The van der Waals surface area contributed by atoms with Gasteiger partial charge in [-0.3, -0.25) is 10.1 Å². The molecular formula is C13H16N4O3. The largest absolute Gasteiger partial charge is 0.490 e. The summed E-state index contributed by atoms with van der Waals surface area (Å²) >= 11 is 0. The molecule has 0 saturated carbocycles. The van der Waals surface area contributed by atoms with Crippen LogP contribution < -0.4 is 10.1 Å². The molecular weight excluding hydrogens is 260 g/mol. The van der Waals surface area contributed by atoms with Crippen molar-refractivity contribution in [3.05, 3.63) is 46.5 Å². The van der Waals surface area contributed by atoms with Gasteiger partial charge in [-0.1, -0.05) is 13.0 Å². The average Bonchev–Trinajstić information content (AvgIpc) is 2.97. The zero-order valence-electron chi connectivity index (χ0n) is 11.3. The summed E-state index contributed by atoms with van der Waals surface area (Å²) in [5.74, 6) is 0.971. The van der Waals surface area contributed by atoms with Crippen LogP contribution in [0, 0.1) is 10.1 Å². The van der Waals surface area contributed by atoms with Gasteiger partial charge in [0.1, 0.15) is 11.5 Å². The van der Waals surface area contributed by atoms with Crippen molar-refractivity contribution in [2.24, 2.45) is 0 Å². The molecule has 0 radical (unpaired) electrons. The van der Waals surface area contributed by atoms with E-state index in [1.54, 1.807) is 30.6 Å². The maximum atomic E-state index is 11.2. The molecule has 20 heavy (non-hydrogen) atoms. The topological polar surface area (TPSA) is 93.1 Å². The lowest BCUT2D eigenvalue weighted by Gasteiger charge is -2.16. The summed E-state index contributed by atoms with van der Waals surface area (Å²) in [6.07, 6.45) is 4.11. The molecule has 1 heterocycles. The van der Waals surface area contributed by atoms with Gasteiger partial charge in [-0.2, -0.15) is 0 Å². The highest BCUT2D eigenvalue weighted by molar-refractivity contribution is 5.68. The number of hydrogen-bond acceptors (Lipinski definition) is 5. The number of anilines is 1. The summed E-state index contributed by atoms with van der Waals surface area (Å²) in [6.45, 7) is 1.98. The second kappa shape index (κ2) is 6.05. The van der Waals surface area contributed by atoms with Gasteiger partial charge < -0.3 is 15.0 Å². The highest BCUT2D eigenvalue weighted by Crippen LogP contribution is 2.36. The number of aromatic amines is 1. The molecule has 0 spiro atoms. The van der Waals surface area contributed by atoms with E-state index in [-0.39, 0.29) is 17.5 Å². The number of imidazole rings is 1. The highest BCUT2D eigenvalue weighted by Gasteiger charge is 2.23. The number of benzene rings is 1. The van der Waals surface area contributed by atoms with Gasteiger partial charge in [0.2, 0.25) is 0 Å². The van der Waals surface area contributed by atoms with Crippen molar-refractivity contribution in [1.82, 2.24) is 9.97 Å². The summed E-state index contributed by atoms with van der Waals surface area (Å²) < 4.78 is 5.05. The van der Waals surface area contributed by atoms with E-state index in [1.807, 2.05) is 6.92 Å². The van der Waals surface area contributed by atoms with Crippen molar-refractivity contribution < 1.29 is 9.66 Å². The van der Waals surface area contributed by atoms with E-state index in [9.17, 15) is 10.1 Å². The van der Waals surface area contributed by atoms with Crippen LogP contribution >= 0.6 is 0 Å². The number of nitro groups is 1. The molecule has 1 aromatic carbocycles. The van der Waals surface area contributed by atoms with E-state index in [2.05, 4.69) is 15.3 Å². The molecule has 0 aliphatic rings. The number of nitrogens with one attached hydrogen (secondary N) is 2. The van der Waals surface area contributed by atoms with Crippen molar-refractivity contribution in [3.63, 3.8) is 0 Å². The second-order valence-corrected chi connectivity index (χ2v) is 4.19. The summed E-state index contributed by atoms with van der Waals surface area (Å²) in [7, 11) is 1.41. The van der Waals surface area contributed by atoms with Crippen LogP contribution in [0.3, 0.4) is 0 Å². The molecule has 0 aliphatic heterocycles. The van der Waals surface area contributed by atoms with Crippen LogP contribution in [0.25, 0.3) is 0 Å². The van der Waals surface area contributed by atoms with Gasteiger partial charge in [0.05, 0.1) is 18.1 Å². The van der Waals surface area contributed by atoms with Crippen LogP contribution in [0.1, 0.15) is 25.2 Å². The number of H-pyrrole nitrogens is 1. The molecule has 2 rings (SSSR count). The van der Waals surface area contributed by atoms with E-state index in [4.69, 9.17) is 4.74 Å². The van der Waals surface area contributed by atoms with E-state index in [0.717, 1.165) is 12.2 Å². The molecule has 0 fully saturated rings. The normalized spacial score (nSPS) is 11.9. The standard InChI is InChI=1S/C13H16N4O3/c1-3-9(13-14-7-8-15-13)16-10-5-4-6-11(20-2)12(10)17(18)19/h4-9,16H,3H2,1-2H3,(H,14,15). The first-order valence-electron chi connectivity index (χ1n) is 6.24. The highest BCUT2D eigenvalue weighted by atomic mass is 16.6.